The normalized spacial score (nSPS) is 18.3. The lowest BCUT2D eigenvalue weighted by Crippen LogP contribution is -2.46. The molecule has 12 N–H and O–H groups in total. The van der Waals surface area contributed by atoms with Crippen LogP contribution in [0.2, 0.25) is 0 Å². The number of aliphatic carboxylic acids is 1. The van der Waals surface area contributed by atoms with Gasteiger partial charge in [0.15, 0.2) is 23.1 Å². The van der Waals surface area contributed by atoms with E-state index < -0.39 is 84.6 Å². The molecular formula is C46H56N7O22P3S. The van der Waals surface area contributed by atoms with Gasteiger partial charge >= 0.3 is 29.4 Å². The summed E-state index contributed by atoms with van der Waals surface area (Å²) in [6, 6.07) is 22.4. The fourth-order valence-electron chi connectivity index (χ4n) is 6.91. The van der Waals surface area contributed by atoms with E-state index in [1.54, 1.807) is 31.4 Å². The van der Waals surface area contributed by atoms with Gasteiger partial charge in [0.2, 0.25) is 11.8 Å². The molecule has 1 aliphatic heterocycles. The molecule has 1 fully saturated rings. The minimum atomic E-state index is -5.54. The van der Waals surface area contributed by atoms with Crippen molar-refractivity contribution in [2.75, 3.05) is 44.9 Å². The number of carbonyl (C=O) groups is 3. The van der Waals surface area contributed by atoms with Crippen LogP contribution in [-0.2, 0) is 50.7 Å². The van der Waals surface area contributed by atoms with E-state index in [-0.39, 0.29) is 47.0 Å². The summed E-state index contributed by atoms with van der Waals surface area (Å²) in [6.07, 6.45) is -4.23. The van der Waals surface area contributed by atoms with Crippen molar-refractivity contribution < 1.29 is 99.9 Å². The van der Waals surface area contributed by atoms with Gasteiger partial charge in [-0.2, -0.15) is 16.9 Å². The number of carbonyl (C=O) groups excluding carboxylic acids is 2. The Morgan fingerprint density at radius 3 is 2.30 bits per heavy atom. The van der Waals surface area contributed by atoms with Crippen LogP contribution in [0.4, 0.5) is 5.82 Å². The molecule has 4 heterocycles. The predicted octanol–water partition coefficient (Wildman–Crippen LogP) is 3.29. The van der Waals surface area contributed by atoms with Crippen LogP contribution in [0.3, 0.4) is 0 Å². The second-order valence-corrected chi connectivity index (χ2v) is 21.9. The molecule has 1 aliphatic rings. The summed E-state index contributed by atoms with van der Waals surface area (Å²) < 4.78 is 72.6. The van der Waals surface area contributed by atoms with Gasteiger partial charge in [0, 0.05) is 48.4 Å². The van der Waals surface area contributed by atoms with Gasteiger partial charge in [-0.3, -0.25) is 32.5 Å². The molecular weight excluding hydrogens is 1130 g/mol. The van der Waals surface area contributed by atoms with Crippen molar-refractivity contribution in [2.24, 2.45) is 5.41 Å². The number of rotatable bonds is 22. The number of para-hydroxylation sites is 1. The third kappa shape index (κ3) is 19.1. The predicted molar refractivity (Wildman–Crippen MR) is 283 cm³/mol. The summed E-state index contributed by atoms with van der Waals surface area (Å²) in [5.74, 6) is -0.484. The minimum Gasteiger partial charge on any atom is -0.508 e. The molecule has 0 saturated carbocycles. The number of aliphatic hydroxyl groups excluding tert-OH is 2. The summed E-state index contributed by atoms with van der Waals surface area (Å²) in [7, 11) is -14.7. The highest BCUT2D eigenvalue weighted by Crippen LogP contribution is 2.61. The lowest BCUT2D eigenvalue weighted by Gasteiger charge is -2.30. The van der Waals surface area contributed by atoms with Crippen LogP contribution >= 0.6 is 36.1 Å². The average Bonchev–Trinajstić information content (AvgIpc) is 4.06. The lowest BCUT2D eigenvalue weighted by atomic mass is 9.87. The number of phenolic OH excluding ortho intramolecular Hbond substituents is 1. The number of aromatic nitrogens is 4. The van der Waals surface area contributed by atoms with Crippen molar-refractivity contribution in [3.63, 3.8) is 0 Å². The Kier molecular flexibility index (Phi) is 22.6. The van der Waals surface area contributed by atoms with E-state index in [2.05, 4.69) is 47.0 Å². The third-order valence-electron chi connectivity index (χ3n) is 10.8. The Hall–Kier alpha value is -6.43. The molecule has 2 unspecified atom stereocenters. The highest BCUT2D eigenvalue weighted by Gasteiger charge is 2.50. The van der Waals surface area contributed by atoms with Gasteiger partial charge in [-0.05, 0) is 48.0 Å². The first-order chi connectivity index (χ1) is 37.1. The molecule has 1 saturated heterocycles. The molecule has 7 atom stereocenters. The molecule has 33 heteroatoms. The highest BCUT2D eigenvalue weighted by atomic mass is 32.1. The minimum absolute atomic E-state index is 0.0363. The van der Waals surface area contributed by atoms with E-state index in [1.165, 1.54) is 38.1 Å². The lowest BCUT2D eigenvalue weighted by molar-refractivity contribution is -0.137. The fourth-order valence-corrected chi connectivity index (χ4v) is 9.85. The second-order valence-electron chi connectivity index (χ2n) is 17.3. The van der Waals surface area contributed by atoms with Crippen molar-refractivity contribution in [1.82, 2.24) is 30.2 Å². The topological polar surface area (TPSA) is 444 Å². The Balaban J connectivity index is 0.000000296. The van der Waals surface area contributed by atoms with E-state index >= 15 is 0 Å². The molecule has 0 spiro atoms. The van der Waals surface area contributed by atoms with Gasteiger partial charge in [-0.25, -0.2) is 33.4 Å². The van der Waals surface area contributed by atoms with Crippen LogP contribution in [0.15, 0.2) is 107 Å². The quantitative estimate of drug-likeness (QED) is 0.0263. The van der Waals surface area contributed by atoms with Crippen LogP contribution in [0, 0.1) is 5.41 Å². The smallest absolute Gasteiger partial charge is 0.481 e. The van der Waals surface area contributed by atoms with Gasteiger partial charge in [0.05, 0.1) is 32.0 Å². The first kappa shape index (κ1) is 63.4. The van der Waals surface area contributed by atoms with Gasteiger partial charge in [0.1, 0.15) is 59.1 Å². The number of nitrogens with one attached hydrogen (secondary N) is 2. The molecule has 0 radical (unpaired) electrons. The van der Waals surface area contributed by atoms with Crippen LogP contribution in [0.5, 0.6) is 11.5 Å². The number of phosphoric acid groups is 3. The number of amides is 2. The molecule has 3 aromatic carbocycles. The SMILES string of the molecule is CC(C)(COP(=O)(O)OP(=O)(O)OC[C@H]1O[C@@H](n2cnc3c(N)ncnc32)[C@H](O)[C@@H]1OP(=O)(O)O)[C@@H](O)C(=O)NCCC(=O)NCCS.COc1cccc(-c2cc(=O)c3ccccc3o2)c1.O=C(O)C=Cc1ccc(O)cc1. The molecule has 7 rings (SSSR count). The molecule has 0 bridgehead atoms. The summed E-state index contributed by atoms with van der Waals surface area (Å²) in [5.41, 5.74) is 6.41. The number of hydrogen-bond acceptors (Lipinski definition) is 22. The number of nitrogens with zero attached hydrogens (tertiary/aromatic N) is 4. The Labute approximate surface area is 453 Å². The molecule has 428 valence electrons. The fraction of sp³-hybridized carbons (Fsp3) is 0.326. The van der Waals surface area contributed by atoms with E-state index in [0.29, 0.717) is 29.0 Å². The number of imidazole rings is 1. The van der Waals surface area contributed by atoms with E-state index in [1.807, 2.05) is 36.4 Å². The number of ether oxygens (including phenoxy) is 2. The molecule has 0 aliphatic carbocycles. The number of carboxylic acids is 1. The number of nitrogens with two attached hydrogens (primary N) is 1. The van der Waals surface area contributed by atoms with Gasteiger partial charge in [-0.15, -0.1) is 0 Å². The number of phenols is 1. The number of aromatic hydroxyl groups is 1. The van der Waals surface area contributed by atoms with Crippen molar-refractivity contribution >= 4 is 87.9 Å². The number of carboxylic acid groups (broad SMARTS) is 1. The van der Waals surface area contributed by atoms with Crippen molar-refractivity contribution in [2.45, 2.75) is 50.9 Å². The summed E-state index contributed by atoms with van der Waals surface area (Å²) in [4.78, 5) is 96.8. The maximum Gasteiger partial charge on any atom is 0.481 e. The van der Waals surface area contributed by atoms with E-state index in [0.717, 1.165) is 40.2 Å². The molecule has 2 amide bonds. The van der Waals surface area contributed by atoms with Crippen molar-refractivity contribution in [3.05, 3.63) is 113 Å². The Morgan fingerprint density at radius 1 is 0.937 bits per heavy atom. The highest BCUT2D eigenvalue weighted by molar-refractivity contribution is 7.80. The maximum absolute atomic E-state index is 12.6. The first-order valence-corrected chi connectivity index (χ1v) is 28.1. The third-order valence-corrected chi connectivity index (χ3v) is 14.1. The second kappa shape index (κ2) is 28.1. The zero-order valence-corrected chi connectivity index (χ0v) is 45.5. The molecule has 79 heavy (non-hydrogen) atoms. The molecule has 29 nitrogen and oxygen atoms in total. The number of benzene rings is 3. The number of fused-ring (bicyclic) bond motifs is 2. The molecule has 6 aromatic rings. The summed E-state index contributed by atoms with van der Waals surface area (Å²) in [6.45, 7) is 0.723. The largest absolute Gasteiger partial charge is 0.508 e. The van der Waals surface area contributed by atoms with E-state index in [4.69, 9.17) is 38.9 Å². The van der Waals surface area contributed by atoms with Crippen LogP contribution in [-0.4, -0.2) is 141 Å². The van der Waals surface area contributed by atoms with Crippen molar-refractivity contribution in [1.29, 1.82) is 0 Å². The zero-order valence-electron chi connectivity index (χ0n) is 41.9. The number of nitrogen functional groups attached to an aromatic ring is 1. The number of methoxy groups -OCH3 is 1. The first-order valence-electron chi connectivity index (χ1n) is 23.0. The Bertz CT molecular complexity index is 3310. The van der Waals surface area contributed by atoms with Crippen LogP contribution in [0.25, 0.3) is 39.5 Å². The average molecular weight is 1180 g/mol. The van der Waals surface area contributed by atoms with E-state index in [9.17, 15) is 62.7 Å². The number of aliphatic hydroxyl groups is 2. The summed E-state index contributed by atoms with van der Waals surface area (Å²) in [5, 5.41) is 43.9. The number of anilines is 1. The van der Waals surface area contributed by atoms with Gasteiger partial charge in [-0.1, -0.05) is 50.2 Å². The van der Waals surface area contributed by atoms with Crippen molar-refractivity contribution in [3.8, 4) is 22.8 Å². The maximum atomic E-state index is 12.6. The number of hydrogen-bond donors (Lipinski definition) is 12. The molecule has 3 aromatic heterocycles. The monoisotopic (exact) mass is 1180 g/mol. The zero-order chi connectivity index (χ0) is 58.3. The van der Waals surface area contributed by atoms with Crippen LogP contribution < -0.4 is 26.5 Å². The van der Waals surface area contributed by atoms with Gasteiger partial charge in [0.25, 0.3) is 0 Å². The van der Waals surface area contributed by atoms with Gasteiger partial charge < -0.3 is 70.3 Å². The van der Waals surface area contributed by atoms with Crippen LogP contribution in [0.1, 0.15) is 32.1 Å². The summed E-state index contributed by atoms with van der Waals surface area (Å²) >= 11 is 3.95. The number of thiol groups is 1. The number of phosphoric ester groups is 3. The standard InChI is InChI=1S/C21H36N7O16P3S.C16H12O3.C9H8O3/c1-21(2,16(31)19(32)24-4-3-12(29)23-5-6-48)8-41-47(38,39)44-46(36,37)40-7-11-15(43-45(33,34)35)14(30)20(42-11)28-10-27-13-17(22)25-9-26-18(13)28;1-18-12-6-4-5-11(9-12)16-10-14(17)13-7-2-3-8-15(13)19-16;10-8-4-1-7(2-5-8)3-6-9(11)12/h9-11,14-16,20,30-31,48H,3-8H2,1-2H3,(H,23,29)(H,24,32)(H,36,37)(H,38,39)(H2,22,25,26)(H2,33,34,35);2-10H,1H3;1-6,10H,(H,11,12)/t11-,14-,15-,16+,20-;;/m1../s1. The Morgan fingerprint density at radius 2 is 1.63 bits per heavy atom.